The Morgan fingerprint density at radius 3 is 2.10 bits per heavy atom. The molecule has 1 heterocycles. The zero-order chi connectivity index (χ0) is 20.2. The predicted molar refractivity (Wildman–Crippen MR) is 113 cm³/mol. The molecule has 0 radical (unpaired) electrons. The van der Waals surface area contributed by atoms with E-state index in [2.05, 4.69) is 4.90 Å². The first-order chi connectivity index (χ1) is 14.1. The summed E-state index contributed by atoms with van der Waals surface area (Å²) in [6.07, 6.45) is 0. The zero-order valence-electron chi connectivity index (χ0n) is 15.9. The van der Waals surface area contributed by atoms with E-state index < -0.39 is 4.92 Å². The fourth-order valence-corrected chi connectivity index (χ4v) is 3.60. The summed E-state index contributed by atoms with van der Waals surface area (Å²) >= 11 is 0. The third-order valence-electron chi connectivity index (χ3n) is 5.21. The van der Waals surface area contributed by atoms with Crippen molar-refractivity contribution >= 4 is 17.3 Å². The van der Waals surface area contributed by atoms with Gasteiger partial charge in [0.1, 0.15) is 0 Å². The molecule has 1 amide bonds. The van der Waals surface area contributed by atoms with E-state index in [-0.39, 0.29) is 11.6 Å². The summed E-state index contributed by atoms with van der Waals surface area (Å²) in [4.78, 5) is 27.4. The van der Waals surface area contributed by atoms with Crippen molar-refractivity contribution in [2.75, 3.05) is 31.1 Å². The van der Waals surface area contributed by atoms with Crippen molar-refractivity contribution in [3.63, 3.8) is 0 Å². The number of hydrogen-bond donors (Lipinski definition) is 0. The molecule has 29 heavy (non-hydrogen) atoms. The highest BCUT2D eigenvalue weighted by Crippen LogP contribution is 2.23. The summed E-state index contributed by atoms with van der Waals surface area (Å²) in [6.45, 7) is 2.63. The van der Waals surface area contributed by atoms with E-state index in [0.29, 0.717) is 31.7 Å². The Balaban J connectivity index is 1.42. The number of rotatable bonds is 4. The maximum atomic E-state index is 13.0. The van der Waals surface area contributed by atoms with Crippen molar-refractivity contribution in [3.05, 3.63) is 94.5 Å². The van der Waals surface area contributed by atoms with Gasteiger partial charge in [-0.2, -0.15) is 0 Å². The molecule has 0 N–H and O–H groups in total. The maximum absolute atomic E-state index is 13.0. The highest BCUT2D eigenvalue weighted by atomic mass is 16.6. The van der Waals surface area contributed by atoms with E-state index in [4.69, 9.17) is 0 Å². The molecule has 0 bridgehead atoms. The standard InChI is InChI=1S/C23H21N3O3/c27-23(20-8-4-7-19(17-20)18-5-2-1-3-6-18)25-15-13-24(14-16-25)21-9-11-22(12-10-21)26(28)29/h1-12,17H,13-16H2. The molecule has 0 unspecified atom stereocenters. The minimum atomic E-state index is -0.399. The SMILES string of the molecule is O=C(c1cccc(-c2ccccc2)c1)N1CCN(c2ccc([N+](=O)[O-])cc2)CC1. The maximum Gasteiger partial charge on any atom is 0.269 e. The average Bonchev–Trinajstić information content (AvgIpc) is 2.79. The second-order valence-corrected chi connectivity index (χ2v) is 7.00. The third-order valence-corrected chi connectivity index (χ3v) is 5.21. The van der Waals surface area contributed by atoms with Crippen molar-refractivity contribution in [1.29, 1.82) is 0 Å². The first-order valence-corrected chi connectivity index (χ1v) is 9.56. The van der Waals surface area contributed by atoms with Gasteiger partial charge in [-0.15, -0.1) is 0 Å². The highest BCUT2D eigenvalue weighted by molar-refractivity contribution is 5.95. The topological polar surface area (TPSA) is 66.7 Å². The van der Waals surface area contributed by atoms with Gasteiger partial charge in [-0.1, -0.05) is 42.5 Å². The Morgan fingerprint density at radius 1 is 0.793 bits per heavy atom. The number of anilines is 1. The molecular weight excluding hydrogens is 366 g/mol. The minimum Gasteiger partial charge on any atom is -0.368 e. The molecule has 4 rings (SSSR count). The van der Waals surface area contributed by atoms with Crippen LogP contribution in [0.1, 0.15) is 10.4 Å². The largest absolute Gasteiger partial charge is 0.368 e. The number of amides is 1. The number of nitro benzene ring substituents is 1. The van der Waals surface area contributed by atoms with Crippen molar-refractivity contribution in [2.45, 2.75) is 0 Å². The molecule has 6 nitrogen and oxygen atoms in total. The van der Waals surface area contributed by atoms with Crippen molar-refractivity contribution in [1.82, 2.24) is 4.90 Å². The number of hydrogen-bond acceptors (Lipinski definition) is 4. The number of nitrogens with zero attached hydrogens (tertiary/aromatic N) is 3. The monoisotopic (exact) mass is 387 g/mol. The molecular formula is C23H21N3O3. The van der Waals surface area contributed by atoms with Crippen LogP contribution in [-0.4, -0.2) is 41.9 Å². The summed E-state index contributed by atoms with van der Waals surface area (Å²) < 4.78 is 0. The van der Waals surface area contributed by atoms with Gasteiger partial charge in [0.2, 0.25) is 0 Å². The predicted octanol–water partition coefficient (Wildman–Crippen LogP) is 4.22. The number of non-ortho nitro benzene ring substituents is 1. The van der Waals surface area contributed by atoms with Gasteiger partial charge in [-0.05, 0) is 35.4 Å². The minimum absolute atomic E-state index is 0.0335. The number of carbonyl (C=O) groups excluding carboxylic acids is 1. The molecule has 1 saturated heterocycles. The van der Waals surface area contributed by atoms with E-state index in [1.54, 1.807) is 12.1 Å². The van der Waals surface area contributed by atoms with Gasteiger partial charge in [-0.3, -0.25) is 14.9 Å². The lowest BCUT2D eigenvalue weighted by Crippen LogP contribution is -2.48. The Bertz CT molecular complexity index is 1010. The Kier molecular flexibility index (Phi) is 5.24. The van der Waals surface area contributed by atoms with Gasteiger partial charge < -0.3 is 9.80 Å². The normalized spacial score (nSPS) is 13.9. The van der Waals surface area contributed by atoms with Crippen LogP contribution in [0.2, 0.25) is 0 Å². The van der Waals surface area contributed by atoms with Gasteiger partial charge in [0, 0.05) is 49.6 Å². The van der Waals surface area contributed by atoms with Crippen LogP contribution in [0.5, 0.6) is 0 Å². The smallest absolute Gasteiger partial charge is 0.269 e. The van der Waals surface area contributed by atoms with Gasteiger partial charge in [-0.25, -0.2) is 0 Å². The van der Waals surface area contributed by atoms with Gasteiger partial charge in [0.25, 0.3) is 11.6 Å². The molecule has 0 atom stereocenters. The van der Waals surface area contributed by atoms with Crippen molar-refractivity contribution in [2.24, 2.45) is 0 Å². The van der Waals surface area contributed by atoms with E-state index in [0.717, 1.165) is 16.8 Å². The van der Waals surface area contributed by atoms with Crippen LogP contribution in [0, 0.1) is 10.1 Å². The fraction of sp³-hybridized carbons (Fsp3) is 0.174. The van der Waals surface area contributed by atoms with Crippen molar-refractivity contribution < 1.29 is 9.72 Å². The molecule has 0 spiro atoms. The van der Waals surface area contributed by atoms with Crippen LogP contribution in [0.15, 0.2) is 78.9 Å². The summed E-state index contributed by atoms with van der Waals surface area (Å²) in [5.74, 6) is 0.0335. The molecule has 1 aliphatic rings. The van der Waals surface area contributed by atoms with Gasteiger partial charge in [0.05, 0.1) is 4.92 Å². The molecule has 1 aliphatic heterocycles. The highest BCUT2D eigenvalue weighted by Gasteiger charge is 2.23. The first-order valence-electron chi connectivity index (χ1n) is 9.56. The second-order valence-electron chi connectivity index (χ2n) is 7.00. The van der Waals surface area contributed by atoms with E-state index in [9.17, 15) is 14.9 Å². The third kappa shape index (κ3) is 4.11. The van der Waals surface area contributed by atoms with Crippen LogP contribution in [0.25, 0.3) is 11.1 Å². The van der Waals surface area contributed by atoms with Crippen LogP contribution in [0.4, 0.5) is 11.4 Å². The van der Waals surface area contributed by atoms with Gasteiger partial charge in [0.15, 0.2) is 0 Å². The second kappa shape index (κ2) is 8.14. The molecule has 0 saturated carbocycles. The van der Waals surface area contributed by atoms with Gasteiger partial charge >= 0.3 is 0 Å². The molecule has 0 aliphatic carbocycles. The lowest BCUT2D eigenvalue weighted by Gasteiger charge is -2.36. The van der Waals surface area contributed by atoms with E-state index in [1.165, 1.54) is 12.1 Å². The number of benzene rings is 3. The van der Waals surface area contributed by atoms with Crippen LogP contribution < -0.4 is 4.90 Å². The number of nitro groups is 1. The van der Waals surface area contributed by atoms with Crippen LogP contribution in [0.3, 0.4) is 0 Å². The molecule has 0 aromatic heterocycles. The lowest BCUT2D eigenvalue weighted by atomic mass is 10.0. The molecule has 3 aromatic rings. The summed E-state index contributed by atoms with van der Waals surface area (Å²) in [5, 5.41) is 10.8. The zero-order valence-corrected chi connectivity index (χ0v) is 15.9. The van der Waals surface area contributed by atoms with E-state index >= 15 is 0 Å². The summed E-state index contributed by atoms with van der Waals surface area (Å²) in [5.41, 5.74) is 3.83. The fourth-order valence-electron chi connectivity index (χ4n) is 3.60. The molecule has 146 valence electrons. The Hall–Kier alpha value is -3.67. The molecule has 3 aromatic carbocycles. The summed E-state index contributed by atoms with van der Waals surface area (Å²) in [7, 11) is 0. The number of carbonyl (C=O) groups is 1. The lowest BCUT2D eigenvalue weighted by molar-refractivity contribution is -0.384. The van der Waals surface area contributed by atoms with E-state index in [1.807, 2.05) is 59.5 Å². The van der Waals surface area contributed by atoms with Crippen molar-refractivity contribution in [3.8, 4) is 11.1 Å². The molecule has 6 heteroatoms. The Labute approximate surface area is 169 Å². The average molecular weight is 387 g/mol. The van der Waals surface area contributed by atoms with Crippen LogP contribution >= 0.6 is 0 Å². The van der Waals surface area contributed by atoms with Crippen LogP contribution in [-0.2, 0) is 0 Å². The number of piperazine rings is 1. The molecule has 1 fully saturated rings. The Morgan fingerprint density at radius 2 is 1.45 bits per heavy atom. The quantitative estimate of drug-likeness (QED) is 0.496. The first kappa shape index (κ1) is 18.7. The summed E-state index contributed by atoms with van der Waals surface area (Å²) in [6, 6.07) is 24.3.